The Hall–Kier alpha value is -1.61. The van der Waals surface area contributed by atoms with Crippen molar-refractivity contribution < 1.29 is 22.7 Å². The Labute approximate surface area is 108 Å². The highest BCUT2D eigenvalue weighted by Gasteiger charge is 2.37. The van der Waals surface area contributed by atoms with Crippen molar-refractivity contribution in [2.75, 3.05) is 0 Å². The molecule has 0 bridgehead atoms. The van der Waals surface area contributed by atoms with Crippen molar-refractivity contribution in [3.05, 3.63) is 35.1 Å². The number of alkyl halides is 3. The Morgan fingerprint density at radius 2 is 1.95 bits per heavy atom. The van der Waals surface area contributed by atoms with E-state index in [4.69, 9.17) is 5.26 Å². The molecule has 1 rings (SSSR count). The van der Waals surface area contributed by atoms with Crippen LogP contribution >= 0.6 is 0 Å². The van der Waals surface area contributed by atoms with Gasteiger partial charge in [0, 0.05) is 0 Å². The molecule has 0 radical (unpaired) electrons. The van der Waals surface area contributed by atoms with E-state index in [1.54, 1.807) is 6.92 Å². The molecule has 104 valence electrons. The summed E-state index contributed by atoms with van der Waals surface area (Å²) in [7, 11) is 0. The number of nitrogens with zero attached hydrogens (tertiary/aromatic N) is 1. The topological polar surface area (TPSA) is 44.0 Å². The van der Waals surface area contributed by atoms with Crippen molar-refractivity contribution in [2.45, 2.75) is 32.5 Å². The molecule has 0 spiro atoms. The quantitative estimate of drug-likeness (QED) is 0.852. The van der Waals surface area contributed by atoms with Crippen molar-refractivity contribution >= 4 is 0 Å². The predicted molar refractivity (Wildman–Crippen MR) is 60.4 cm³/mol. The van der Waals surface area contributed by atoms with E-state index in [-0.39, 0.29) is 12.0 Å². The molecule has 2 atom stereocenters. The van der Waals surface area contributed by atoms with Gasteiger partial charge in [-0.25, -0.2) is 4.39 Å². The first kappa shape index (κ1) is 15.4. The van der Waals surface area contributed by atoms with E-state index in [0.717, 1.165) is 6.07 Å². The fourth-order valence-corrected chi connectivity index (χ4v) is 1.63. The summed E-state index contributed by atoms with van der Waals surface area (Å²) in [5.74, 6) is -1.40. The summed E-state index contributed by atoms with van der Waals surface area (Å²) in [6, 6.07) is 4.12. The zero-order valence-corrected chi connectivity index (χ0v) is 10.4. The molecule has 0 fully saturated rings. The molecule has 1 aromatic rings. The van der Waals surface area contributed by atoms with Gasteiger partial charge in [-0.1, -0.05) is 13.0 Å². The second-order valence-corrected chi connectivity index (χ2v) is 4.52. The van der Waals surface area contributed by atoms with Gasteiger partial charge in [-0.2, -0.15) is 18.4 Å². The lowest BCUT2D eigenvalue weighted by molar-refractivity contribution is -0.140. The van der Waals surface area contributed by atoms with Crippen LogP contribution in [0.4, 0.5) is 17.6 Å². The van der Waals surface area contributed by atoms with Crippen LogP contribution in [0.25, 0.3) is 0 Å². The van der Waals surface area contributed by atoms with Crippen molar-refractivity contribution in [1.82, 2.24) is 0 Å². The molecule has 0 saturated carbocycles. The molecule has 0 heterocycles. The lowest BCUT2D eigenvalue weighted by Gasteiger charge is -2.27. The number of aliphatic hydroxyl groups is 1. The maximum absolute atomic E-state index is 13.1. The Balaban J connectivity index is 3.28. The zero-order chi connectivity index (χ0) is 14.8. The molecular weight excluding hydrogens is 262 g/mol. The minimum Gasteiger partial charge on any atom is -0.387 e. The van der Waals surface area contributed by atoms with E-state index in [2.05, 4.69) is 0 Å². The maximum atomic E-state index is 13.1. The molecular formula is C13H13F4NO. The molecule has 1 aromatic carbocycles. The summed E-state index contributed by atoms with van der Waals surface area (Å²) in [6.45, 7) is 3.08. The van der Waals surface area contributed by atoms with Crippen molar-refractivity contribution in [2.24, 2.45) is 5.41 Å². The van der Waals surface area contributed by atoms with Crippen LogP contribution in [0.3, 0.4) is 0 Å². The van der Waals surface area contributed by atoms with Crippen LogP contribution in [-0.2, 0) is 6.18 Å². The van der Waals surface area contributed by atoms with Gasteiger partial charge in [0.05, 0.1) is 23.2 Å². The first-order valence-electron chi connectivity index (χ1n) is 5.61. The molecule has 0 aliphatic rings. The number of rotatable bonds is 3. The van der Waals surface area contributed by atoms with Crippen molar-refractivity contribution in [3.8, 4) is 6.07 Å². The van der Waals surface area contributed by atoms with Crippen molar-refractivity contribution in [3.63, 3.8) is 0 Å². The number of nitriles is 1. The summed E-state index contributed by atoms with van der Waals surface area (Å²) in [4.78, 5) is 0. The minimum absolute atomic E-state index is 0.125. The average molecular weight is 275 g/mol. The average Bonchev–Trinajstić information content (AvgIpc) is 2.36. The van der Waals surface area contributed by atoms with E-state index in [9.17, 15) is 22.7 Å². The number of hydrogen-bond acceptors (Lipinski definition) is 2. The highest BCUT2D eigenvalue weighted by molar-refractivity contribution is 5.30. The lowest BCUT2D eigenvalue weighted by Crippen LogP contribution is -2.23. The third-order valence-electron chi connectivity index (χ3n) is 3.20. The fourth-order valence-electron chi connectivity index (χ4n) is 1.63. The van der Waals surface area contributed by atoms with Crippen LogP contribution in [-0.4, -0.2) is 5.11 Å². The lowest BCUT2D eigenvalue weighted by atomic mass is 9.79. The van der Waals surface area contributed by atoms with Crippen LogP contribution in [0.1, 0.15) is 37.5 Å². The number of hydrogen-bond donors (Lipinski definition) is 1. The Morgan fingerprint density at radius 3 is 2.37 bits per heavy atom. The van der Waals surface area contributed by atoms with Crippen molar-refractivity contribution in [1.29, 1.82) is 5.26 Å². The fraction of sp³-hybridized carbons (Fsp3) is 0.462. The molecule has 1 N–H and O–H groups in total. The van der Waals surface area contributed by atoms with E-state index < -0.39 is 29.1 Å². The highest BCUT2D eigenvalue weighted by atomic mass is 19.4. The first-order valence-corrected chi connectivity index (χ1v) is 5.61. The minimum atomic E-state index is -4.84. The second-order valence-electron chi connectivity index (χ2n) is 4.52. The first-order chi connectivity index (χ1) is 8.65. The van der Waals surface area contributed by atoms with Crippen LogP contribution < -0.4 is 0 Å². The summed E-state index contributed by atoms with van der Waals surface area (Å²) in [6.07, 6.45) is -6.00. The second kappa shape index (κ2) is 5.17. The van der Waals surface area contributed by atoms with Gasteiger partial charge in [-0.15, -0.1) is 0 Å². The molecule has 0 aromatic heterocycles. The van der Waals surface area contributed by atoms with Gasteiger partial charge < -0.3 is 5.11 Å². The van der Waals surface area contributed by atoms with Crippen LogP contribution in [0.2, 0.25) is 0 Å². The van der Waals surface area contributed by atoms with E-state index in [1.807, 2.05) is 6.07 Å². The molecule has 0 amide bonds. The van der Waals surface area contributed by atoms with Gasteiger partial charge in [0.25, 0.3) is 0 Å². The molecule has 2 unspecified atom stereocenters. The third-order valence-corrected chi connectivity index (χ3v) is 3.20. The zero-order valence-electron chi connectivity index (χ0n) is 10.4. The third kappa shape index (κ3) is 3.04. The number of benzene rings is 1. The molecule has 2 nitrogen and oxygen atoms in total. The van der Waals surface area contributed by atoms with Gasteiger partial charge in [0.2, 0.25) is 0 Å². The SMILES string of the molecule is CCC(C)(C#N)C(O)c1ccc(F)c(C(F)(F)F)c1. The summed E-state index contributed by atoms with van der Waals surface area (Å²) in [5, 5.41) is 19.0. The highest BCUT2D eigenvalue weighted by Crippen LogP contribution is 2.39. The molecule has 0 aliphatic carbocycles. The maximum Gasteiger partial charge on any atom is 0.419 e. The normalized spacial score (nSPS) is 16.5. The molecule has 0 aliphatic heterocycles. The van der Waals surface area contributed by atoms with E-state index in [0.29, 0.717) is 12.1 Å². The largest absolute Gasteiger partial charge is 0.419 e. The van der Waals surface area contributed by atoms with Crippen LogP contribution in [0.15, 0.2) is 18.2 Å². The van der Waals surface area contributed by atoms with E-state index in [1.165, 1.54) is 6.92 Å². The monoisotopic (exact) mass is 275 g/mol. The Morgan fingerprint density at radius 1 is 1.37 bits per heavy atom. The summed E-state index contributed by atoms with van der Waals surface area (Å²) in [5.41, 5.74) is -2.79. The molecule has 0 saturated heterocycles. The van der Waals surface area contributed by atoms with Gasteiger partial charge in [0.15, 0.2) is 0 Å². The van der Waals surface area contributed by atoms with Gasteiger partial charge in [-0.3, -0.25) is 0 Å². The standard InChI is InChI=1S/C13H13F4NO/c1-3-12(2,7-18)11(19)8-4-5-10(14)9(6-8)13(15,16)17/h4-6,11,19H,3H2,1-2H3. The van der Waals surface area contributed by atoms with Crippen LogP contribution in [0.5, 0.6) is 0 Å². The number of aliphatic hydroxyl groups excluding tert-OH is 1. The predicted octanol–water partition coefficient (Wildman–Crippen LogP) is 3.82. The van der Waals surface area contributed by atoms with Gasteiger partial charge in [-0.05, 0) is 31.0 Å². The Bertz CT molecular complexity index is 506. The summed E-state index contributed by atoms with van der Waals surface area (Å²) < 4.78 is 50.8. The van der Waals surface area contributed by atoms with Gasteiger partial charge in [0.1, 0.15) is 5.82 Å². The smallest absolute Gasteiger partial charge is 0.387 e. The number of halogens is 4. The summed E-state index contributed by atoms with van der Waals surface area (Å²) >= 11 is 0. The molecule has 19 heavy (non-hydrogen) atoms. The van der Waals surface area contributed by atoms with Crippen LogP contribution in [0, 0.1) is 22.6 Å². The van der Waals surface area contributed by atoms with Gasteiger partial charge >= 0.3 is 6.18 Å². The Kier molecular flexibility index (Phi) is 4.21. The molecule has 6 heteroatoms. The van der Waals surface area contributed by atoms with E-state index >= 15 is 0 Å².